The van der Waals surface area contributed by atoms with Crippen LogP contribution in [0.15, 0.2) is 48.5 Å². The first-order valence-electron chi connectivity index (χ1n) is 7.72. The van der Waals surface area contributed by atoms with Crippen molar-refractivity contribution in [3.63, 3.8) is 0 Å². The van der Waals surface area contributed by atoms with Crippen LogP contribution in [0.4, 0.5) is 11.4 Å². The van der Waals surface area contributed by atoms with E-state index in [1.807, 2.05) is 45.2 Å². The molecule has 0 fully saturated rings. The molecular weight excluding hydrogens is 302 g/mol. The van der Waals surface area contributed by atoms with Gasteiger partial charge < -0.3 is 16.0 Å². The monoisotopic (exact) mass is 325 g/mol. The van der Waals surface area contributed by atoms with Crippen LogP contribution in [-0.2, 0) is 0 Å². The Bertz CT molecular complexity index is 788. The fourth-order valence-corrected chi connectivity index (χ4v) is 2.00. The van der Waals surface area contributed by atoms with E-state index in [1.54, 1.807) is 24.3 Å². The number of aldehydes is 2. The van der Waals surface area contributed by atoms with E-state index in [4.69, 9.17) is 5.73 Å². The number of carbonyl (C=O) groups is 2. The topological polar surface area (TPSA) is 88.0 Å². The van der Waals surface area contributed by atoms with Crippen LogP contribution in [0.1, 0.15) is 34.7 Å². The summed E-state index contributed by atoms with van der Waals surface area (Å²) in [5.74, 6) is 0. The maximum Gasteiger partial charge on any atom is 0.166 e. The van der Waals surface area contributed by atoms with Crippen molar-refractivity contribution in [2.75, 3.05) is 18.1 Å². The Morgan fingerprint density at radius 2 is 1.75 bits per heavy atom. The van der Waals surface area contributed by atoms with Crippen LogP contribution in [-0.4, -0.2) is 24.6 Å². The highest BCUT2D eigenvalue weighted by atomic mass is 16.1. The lowest BCUT2D eigenvalue weighted by molar-refractivity contribution is 0.111. The number of hydrogen-bond acceptors (Lipinski definition) is 4. The van der Waals surface area contributed by atoms with Gasteiger partial charge in [-0.1, -0.05) is 19.9 Å². The van der Waals surface area contributed by atoms with E-state index in [0.29, 0.717) is 11.3 Å². The second kappa shape index (κ2) is 9.84. The maximum atomic E-state index is 10.4. The number of aromatic amines is 1. The molecule has 4 N–H and O–H groups in total. The smallest absolute Gasteiger partial charge is 0.166 e. The minimum Gasteiger partial charge on any atom is -0.399 e. The number of H-pyrrole nitrogens is 1. The van der Waals surface area contributed by atoms with Crippen LogP contribution >= 0.6 is 0 Å². The van der Waals surface area contributed by atoms with Crippen molar-refractivity contribution in [1.82, 2.24) is 4.98 Å². The second-order valence-electron chi connectivity index (χ2n) is 4.68. The average Bonchev–Trinajstić information content (AvgIpc) is 3.06. The second-order valence-corrected chi connectivity index (χ2v) is 4.68. The van der Waals surface area contributed by atoms with Crippen molar-refractivity contribution in [3.05, 3.63) is 59.8 Å². The largest absolute Gasteiger partial charge is 0.399 e. The number of fused-ring (bicyclic) bond motifs is 1. The van der Waals surface area contributed by atoms with Gasteiger partial charge in [-0.05, 0) is 42.5 Å². The van der Waals surface area contributed by atoms with Crippen molar-refractivity contribution in [2.45, 2.75) is 13.8 Å². The molecule has 0 unspecified atom stereocenters. The Morgan fingerprint density at radius 1 is 1.00 bits per heavy atom. The van der Waals surface area contributed by atoms with Crippen LogP contribution in [0.25, 0.3) is 10.9 Å². The molecule has 0 spiro atoms. The predicted molar refractivity (Wildman–Crippen MR) is 101 cm³/mol. The van der Waals surface area contributed by atoms with Crippen LogP contribution in [0.2, 0.25) is 0 Å². The SMILES string of the molecule is CC.CNc1cccc(N)c1.O=Cc1ccc2[nH]c(C=O)cc2c1. The van der Waals surface area contributed by atoms with Crippen LogP contribution < -0.4 is 11.1 Å². The van der Waals surface area contributed by atoms with E-state index in [9.17, 15) is 9.59 Å². The molecule has 0 saturated heterocycles. The average molecular weight is 325 g/mol. The summed E-state index contributed by atoms with van der Waals surface area (Å²) in [7, 11) is 1.87. The van der Waals surface area contributed by atoms with Gasteiger partial charge in [0.25, 0.3) is 0 Å². The molecule has 3 rings (SSSR count). The molecule has 2 aromatic carbocycles. The Morgan fingerprint density at radius 3 is 2.29 bits per heavy atom. The summed E-state index contributed by atoms with van der Waals surface area (Å²) in [6.45, 7) is 4.00. The van der Waals surface area contributed by atoms with Crippen molar-refractivity contribution >= 4 is 34.9 Å². The van der Waals surface area contributed by atoms with Gasteiger partial charge in [-0.15, -0.1) is 0 Å². The van der Waals surface area contributed by atoms with Crippen LogP contribution in [0.5, 0.6) is 0 Å². The van der Waals surface area contributed by atoms with Crippen molar-refractivity contribution in [2.24, 2.45) is 0 Å². The third-order valence-electron chi connectivity index (χ3n) is 3.10. The Kier molecular flexibility index (Phi) is 7.78. The Labute approximate surface area is 141 Å². The van der Waals surface area contributed by atoms with Gasteiger partial charge in [-0.3, -0.25) is 9.59 Å². The molecule has 5 heteroatoms. The first-order chi connectivity index (χ1) is 11.7. The number of nitrogens with one attached hydrogen (secondary N) is 2. The molecule has 0 aliphatic heterocycles. The summed E-state index contributed by atoms with van der Waals surface area (Å²) < 4.78 is 0. The lowest BCUT2D eigenvalue weighted by Crippen LogP contribution is -1.89. The van der Waals surface area contributed by atoms with E-state index in [1.165, 1.54) is 0 Å². The predicted octanol–water partition coefficient (Wildman–Crippen LogP) is 4.13. The third kappa shape index (κ3) is 5.28. The Balaban J connectivity index is 0.000000230. The van der Waals surface area contributed by atoms with Gasteiger partial charge >= 0.3 is 0 Å². The summed E-state index contributed by atoms with van der Waals surface area (Å²) in [4.78, 5) is 23.8. The molecule has 3 aromatic rings. The minimum absolute atomic E-state index is 0.526. The number of carbonyl (C=O) groups excluding carboxylic acids is 2. The number of aromatic nitrogens is 1. The fraction of sp³-hybridized carbons (Fsp3) is 0.158. The fourth-order valence-electron chi connectivity index (χ4n) is 2.00. The van der Waals surface area contributed by atoms with E-state index in [2.05, 4.69) is 10.3 Å². The van der Waals surface area contributed by atoms with Crippen molar-refractivity contribution in [1.29, 1.82) is 0 Å². The number of anilines is 2. The molecule has 0 aliphatic rings. The van der Waals surface area contributed by atoms with Gasteiger partial charge in [0.05, 0.1) is 5.69 Å². The van der Waals surface area contributed by atoms with Crippen LogP contribution in [0, 0.1) is 0 Å². The third-order valence-corrected chi connectivity index (χ3v) is 3.10. The standard InChI is InChI=1S/C10H7NO2.C7H10N2.C2H6/c12-5-7-1-2-10-8(3-7)4-9(6-13)11-10;1-9-7-4-2-3-6(8)5-7;1-2/h1-6,11H;2-5,9H,8H2,1H3;1-2H3. The number of hydrogen-bond donors (Lipinski definition) is 3. The highest BCUT2D eigenvalue weighted by Crippen LogP contribution is 2.15. The summed E-state index contributed by atoms with van der Waals surface area (Å²) in [5.41, 5.74) is 9.35. The molecule has 0 aliphatic carbocycles. The van der Waals surface area contributed by atoms with Crippen LogP contribution in [0.3, 0.4) is 0 Å². The van der Waals surface area contributed by atoms with Gasteiger partial charge in [0.2, 0.25) is 0 Å². The molecule has 0 radical (unpaired) electrons. The maximum absolute atomic E-state index is 10.4. The van der Waals surface area contributed by atoms with E-state index < -0.39 is 0 Å². The highest BCUT2D eigenvalue weighted by Gasteiger charge is 1.99. The molecule has 5 nitrogen and oxygen atoms in total. The zero-order valence-electron chi connectivity index (χ0n) is 14.2. The molecule has 24 heavy (non-hydrogen) atoms. The first-order valence-corrected chi connectivity index (χ1v) is 7.72. The lowest BCUT2D eigenvalue weighted by Gasteiger charge is -1.98. The summed E-state index contributed by atoms with van der Waals surface area (Å²) in [6, 6.07) is 14.6. The molecule has 0 bridgehead atoms. The van der Waals surface area contributed by atoms with Gasteiger partial charge in [-0.2, -0.15) is 0 Å². The highest BCUT2D eigenvalue weighted by molar-refractivity contribution is 5.91. The first kappa shape index (κ1) is 19.0. The quantitative estimate of drug-likeness (QED) is 0.499. The lowest BCUT2D eigenvalue weighted by atomic mass is 10.2. The summed E-state index contributed by atoms with van der Waals surface area (Å²) in [6.07, 6.45) is 1.54. The number of nitrogens with two attached hydrogens (primary N) is 1. The summed E-state index contributed by atoms with van der Waals surface area (Å²) >= 11 is 0. The Hall–Kier alpha value is -3.08. The van der Waals surface area contributed by atoms with Gasteiger partial charge in [0, 0.05) is 34.9 Å². The number of rotatable bonds is 3. The molecule has 1 heterocycles. The van der Waals surface area contributed by atoms with E-state index >= 15 is 0 Å². The van der Waals surface area contributed by atoms with Gasteiger partial charge in [0.1, 0.15) is 6.29 Å². The minimum atomic E-state index is 0.526. The van der Waals surface area contributed by atoms with Gasteiger partial charge in [0.15, 0.2) is 6.29 Å². The molecule has 0 amide bonds. The molecule has 126 valence electrons. The number of nitrogen functional groups attached to an aromatic ring is 1. The number of benzene rings is 2. The van der Waals surface area contributed by atoms with E-state index in [0.717, 1.165) is 34.9 Å². The molecule has 0 atom stereocenters. The zero-order chi connectivity index (χ0) is 17.9. The molecule has 0 saturated carbocycles. The van der Waals surface area contributed by atoms with Crippen molar-refractivity contribution < 1.29 is 9.59 Å². The van der Waals surface area contributed by atoms with E-state index in [-0.39, 0.29) is 0 Å². The zero-order valence-corrected chi connectivity index (χ0v) is 14.2. The molecule has 1 aromatic heterocycles. The van der Waals surface area contributed by atoms with Gasteiger partial charge in [-0.25, -0.2) is 0 Å². The molecular formula is C19H23N3O2. The normalized spacial score (nSPS) is 9.12. The van der Waals surface area contributed by atoms with Crippen molar-refractivity contribution in [3.8, 4) is 0 Å². The summed E-state index contributed by atoms with van der Waals surface area (Å²) in [5, 5.41) is 3.87.